The number of hydrogen-bond acceptors (Lipinski definition) is 3. The predicted molar refractivity (Wildman–Crippen MR) is 83.7 cm³/mol. The lowest BCUT2D eigenvalue weighted by Crippen LogP contribution is -1.94. The molecule has 0 fully saturated rings. The molecule has 1 aromatic carbocycles. The Balaban J connectivity index is 0.000000982. The number of ether oxygens (including phenoxy) is 1. The van der Waals surface area contributed by atoms with Crippen molar-refractivity contribution < 1.29 is 9.13 Å². The molecule has 0 amide bonds. The molecule has 0 bridgehead atoms. The van der Waals surface area contributed by atoms with Gasteiger partial charge in [0.1, 0.15) is 5.82 Å². The Morgan fingerprint density at radius 3 is 2.47 bits per heavy atom. The molecule has 106 valence electrons. The minimum atomic E-state index is -0.196. The highest BCUT2D eigenvalue weighted by molar-refractivity contribution is 7.97. The van der Waals surface area contributed by atoms with Gasteiger partial charge in [0.15, 0.2) is 0 Å². The molecule has 0 atom stereocenters. The molecule has 0 saturated heterocycles. The fourth-order valence-corrected chi connectivity index (χ4v) is 1.29. The van der Waals surface area contributed by atoms with Crippen molar-refractivity contribution in [1.82, 2.24) is 0 Å². The summed E-state index contributed by atoms with van der Waals surface area (Å²) < 4.78 is 18.3. The third-order valence-corrected chi connectivity index (χ3v) is 2.21. The number of hydrogen-bond donors (Lipinski definition) is 0. The largest absolute Gasteiger partial charge is 0.478 e. The summed E-state index contributed by atoms with van der Waals surface area (Å²) in [7, 11) is 0. The van der Waals surface area contributed by atoms with E-state index >= 15 is 0 Å². The summed E-state index contributed by atoms with van der Waals surface area (Å²) in [5.74, 6) is 0.169. The molecule has 0 aliphatic heterocycles. The zero-order valence-electron chi connectivity index (χ0n) is 12.3. The van der Waals surface area contributed by atoms with E-state index in [4.69, 9.17) is 4.74 Å². The molecule has 0 radical (unpaired) electrons. The maximum atomic E-state index is 13.2. The highest BCUT2D eigenvalue weighted by atomic mass is 32.2. The van der Waals surface area contributed by atoms with Gasteiger partial charge >= 0.3 is 0 Å². The topological polar surface area (TPSA) is 21.6 Å². The normalized spacial score (nSPS) is 10.0. The lowest BCUT2D eigenvalue weighted by molar-refractivity contribution is 0.229. The Bertz CT molecular complexity index is 444. The van der Waals surface area contributed by atoms with Gasteiger partial charge in [-0.05, 0) is 68.7 Å². The second kappa shape index (κ2) is 9.62. The maximum absolute atomic E-state index is 13.2. The third-order valence-electron chi connectivity index (χ3n) is 2.21. The Morgan fingerprint density at radius 2 is 1.95 bits per heavy atom. The molecule has 0 unspecified atom stereocenters. The molecule has 0 N–H and O–H groups in total. The molecular weight excluding hydrogens is 261 g/mol. The summed E-state index contributed by atoms with van der Waals surface area (Å²) >= 11 is 1.75. The van der Waals surface area contributed by atoms with Crippen LogP contribution in [-0.2, 0) is 4.74 Å². The number of halogens is 1. The van der Waals surface area contributed by atoms with E-state index < -0.39 is 0 Å². The van der Waals surface area contributed by atoms with E-state index in [-0.39, 0.29) is 5.82 Å². The van der Waals surface area contributed by atoms with Crippen molar-refractivity contribution in [3.63, 3.8) is 0 Å². The first-order valence-corrected chi connectivity index (χ1v) is 7.62. The fraction of sp³-hybridized carbons (Fsp3) is 0.400. The first-order chi connectivity index (χ1) is 8.96. The number of thioether (sulfide) groups is 1. The molecule has 19 heavy (non-hydrogen) atoms. The zero-order chi connectivity index (χ0) is 14.8. The summed E-state index contributed by atoms with van der Waals surface area (Å²) in [5.41, 5.74) is 2.32. The van der Waals surface area contributed by atoms with E-state index in [1.54, 1.807) is 31.0 Å². The smallest absolute Gasteiger partial charge is 0.205 e. The summed E-state index contributed by atoms with van der Waals surface area (Å²) in [6.07, 6.45) is 5.72. The zero-order valence-corrected chi connectivity index (χ0v) is 13.1. The fourth-order valence-electron chi connectivity index (χ4n) is 1.29. The van der Waals surface area contributed by atoms with Crippen LogP contribution in [0, 0.1) is 19.7 Å². The SMILES string of the molecule is C=C(/N=C/c1cc(C)c(F)cc1C)OCC.CSC. The molecule has 0 heterocycles. The number of benzene rings is 1. The average Bonchev–Trinajstić information content (AvgIpc) is 2.33. The van der Waals surface area contributed by atoms with E-state index in [0.29, 0.717) is 18.1 Å². The van der Waals surface area contributed by atoms with Crippen LogP contribution < -0.4 is 0 Å². The molecule has 0 aliphatic carbocycles. The van der Waals surface area contributed by atoms with E-state index in [2.05, 4.69) is 11.6 Å². The third kappa shape index (κ3) is 7.01. The van der Waals surface area contributed by atoms with Crippen molar-refractivity contribution in [1.29, 1.82) is 0 Å². The van der Waals surface area contributed by atoms with E-state index in [1.807, 2.05) is 26.4 Å². The first-order valence-electron chi connectivity index (χ1n) is 5.98. The minimum absolute atomic E-state index is 0.196. The summed E-state index contributed by atoms with van der Waals surface area (Å²) in [6.45, 7) is 9.61. The summed E-state index contributed by atoms with van der Waals surface area (Å²) in [4.78, 5) is 4.05. The van der Waals surface area contributed by atoms with Crippen LogP contribution in [0.15, 0.2) is 29.6 Å². The lowest BCUT2D eigenvalue weighted by Gasteiger charge is -2.04. The lowest BCUT2D eigenvalue weighted by atomic mass is 10.1. The van der Waals surface area contributed by atoms with Crippen LogP contribution >= 0.6 is 11.8 Å². The number of rotatable bonds is 4. The maximum Gasteiger partial charge on any atom is 0.205 e. The Kier molecular flexibility index (Phi) is 8.96. The van der Waals surface area contributed by atoms with Crippen LogP contribution in [0.5, 0.6) is 0 Å². The predicted octanol–water partition coefficient (Wildman–Crippen LogP) is 4.35. The van der Waals surface area contributed by atoms with Crippen molar-refractivity contribution in [3.05, 3.63) is 47.1 Å². The van der Waals surface area contributed by atoms with Gasteiger partial charge in [-0.25, -0.2) is 9.38 Å². The van der Waals surface area contributed by atoms with Crippen LogP contribution in [0.3, 0.4) is 0 Å². The van der Waals surface area contributed by atoms with Gasteiger partial charge in [0.2, 0.25) is 5.88 Å². The number of aliphatic imine (C=N–C) groups is 1. The van der Waals surface area contributed by atoms with Crippen molar-refractivity contribution in [2.45, 2.75) is 20.8 Å². The van der Waals surface area contributed by atoms with Gasteiger partial charge in [-0.15, -0.1) is 0 Å². The van der Waals surface area contributed by atoms with E-state index in [9.17, 15) is 4.39 Å². The van der Waals surface area contributed by atoms with Crippen LogP contribution in [-0.4, -0.2) is 25.3 Å². The molecule has 4 heteroatoms. The molecule has 1 rings (SSSR count). The van der Waals surface area contributed by atoms with Gasteiger partial charge in [0.25, 0.3) is 0 Å². The van der Waals surface area contributed by atoms with Crippen molar-refractivity contribution >= 4 is 18.0 Å². The number of nitrogens with zero attached hydrogens (tertiary/aromatic N) is 1. The van der Waals surface area contributed by atoms with Crippen molar-refractivity contribution in [3.8, 4) is 0 Å². The number of aryl methyl sites for hydroxylation is 2. The molecule has 0 spiro atoms. The monoisotopic (exact) mass is 283 g/mol. The second-order valence-electron chi connectivity index (χ2n) is 3.95. The second-order valence-corrected chi connectivity index (χ2v) is 4.77. The molecule has 2 nitrogen and oxygen atoms in total. The molecule has 0 aliphatic rings. The standard InChI is InChI=1S/C13H16FNO.C2H6S/c1-5-16-11(4)15-8-12-6-10(3)13(14)7-9(12)2;1-3-2/h6-8H,4-5H2,1-3H3;1-2H3/b15-8+;. The molecule has 0 saturated carbocycles. The van der Waals surface area contributed by atoms with Crippen LogP contribution in [0.4, 0.5) is 4.39 Å². The van der Waals surface area contributed by atoms with Gasteiger partial charge in [0.05, 0.1) is 6.61 Å². The summed E-state index contributed by atoms with van der Waals surface area (Å²) in [6, 6.07) is 3.26. The van der Waals surface area contributed by atoms with Crippen LogP contribution in [0.25, 0.3) is 0 Å². The van der Waals surface area contributed by atoms with Crippen LogP contribution in [0.1, 0.15) is 23.6 Å². The Morgan fingerprint density at radius 1 is 1.37 bits per heavy atom. The quantitative estimate of drug-likeness (QED) is 0.605. The van der Waals surface area contributed by atoms with E-state index in [0.717, 1.165) is 11.1 Å². The van der Waals surface area contributed by atoms with Crippen molar-refractivity contribution in [2.24, 2.45) is 4.99 Å². The first kappa shape index (κ1) is 17.7. The van der Waals surface area contributed by atoms with Crippen LogP contribution in [0.2, 0.25) is 0 Å². The highest BCUT2D eigenvalue weighted by Crippen LogP contribution is 2.13. The minimum Gasteiger partial charge on any atom is -0.478 e. The molecule has 0 aromatic heterocycles. The Hall–Kier alpha value is -1.29. The highest BCUT2D eigenvalue weighted by Gasteiger charge is 2.02. The van der Waals surface area contributed by atoms with Crippen molar-refractivity contribution in [2.75, 3.05) is 19.1 Å². The van der Waals surface area contributed by atoms with Gasteiger partial charge in [-0.2, -0.15) is 11.8 Å². The Labute approximate surface area is 119 Å². The van der Waals surface area contributed by atoms with E-state index in [1.165, 1.54) is 6.07 Å². The molecular formula is C15H22FNOS. The van der Waals surface area contributed by atoms with Gasteiger partial charge in [0, 0.05) is 6.21 Å². The van der Waals surface area contributed by atoms with Gasteiger partial charge in [-0.3, -0.25) is 0 Å². The molecule has 1 aromatic rings. The average molecular weight is 283 g/mol. The van der Waals surface area contributed by atoms with Gasteiger partial charge in [-0.1, -0.05) is 0 Å². The van der Waals surface area contributed by atoms with Gasteiger partial charge < -0.3 is 4.74 Å². The summed E-state index contributed by atoms with van der Waals surface area (Å²) in [5, 5.41) is 0.